The molecular formula is C39H69NO11. The lowest BCUT2D eigenvalue weighted by Crippen LogP contribution is -2.36. The number of rotatable bonds is 38. The molecule has 1 saturated heterocycles. The minimum atomic E-state index is -0.196. The Morgan fingerprint density at radius 1 is 0.549 bits per heavy atom. The standard InChI is InChI=1S/C39H69NO11/c1-3-4-5-6-7-8-9-11-37-13-15-38(16-14-37)51-35-33-49-31-29-47-27-25-45-23-21-43-19-18-42-20-22-44-24-26-46-28-30-48-32-34-50-36(2)40-17-10-12-39(40)41/h13-16,36H,3-12,17-35H2,1-2H3/t36-/m1/s1. The molecule has 1 amide bonds. The number of hydrogen-bond acceptors (Lipinski definition) is 11. The van der Waals surface area contributed by atoms with Gasteiger partial charge in [-0.2, -0.15) is 0 Å². The number of benzene rings is 1. The van der Waals surface area contributed by atoms with Crippen molar-refractivity contribution in [1.29, 1.82) is 0 Å². The molecule has 0 N–H and O–H groups in total. The summed E-state index contributed by atoms with van der Waals surface area (Å²) < 4.78 is 55.6. The second-order valence-corrected chi connectivity index (χ2v) is 12.4. The van der Waals surface area contributed by atoms with E-state index < -0.39 is 0 Å². The summed E-state index contributed by atoms with van der Waals surface area (Å²) in [4.78, 5) is 13.5. The van der Waals surface area contributed by atoms with Crippen molar-refractivity contribution in [1.82, 2.24) is 4.90 Å². The third kappa shape index (κ3) is 26.5. The lowest BCUT2D eigenvalue weighted by atomic mass is 10.0. The molecule has 1 heterocycles. The van der Waals surface area contributed by atoms with Crippen molar-refractivity contribution in [2.75, 3.05) is 125 Å². The fourth-order valence-electron chi connectivity index (χ4n) is 5.32. The Balaban J connectivity index is 1.19. The Kier molecular flexibility index (Phi) is 30.1. The number of carbonyl (C=O) groups excluding carboxylic acids is 1. The molecule has 1 aromatic rings. The average molecular weight is 728 g/mol. The zero-order valence-electron chi connectivity index (χ0n) is 31.8. The molecule has 12 nitrogen and oxygen atoms in total. The number of ether oxygens (including phenoxy) is 10. The van der Waals surface area contributed by atoms with Gasteiger partial charge in [0.1, 0.15) is 18.6 Å². The predicted octanol–water partition coefficient (Wildman–Crippen LogP) is 5.48. The minimum Gasteiger partial charge on any atom is -0.491 e. The number of carbonyl (C=O) groups is 1. The third-order valence-electron chi connectivity index (χ3n) is 8.23. The van der Waals surface area contributed by atoms with E-state index in [9.17, 15) is 4.79 Å². The van der Waals surface area contributed by atoms with Crippen LogP contribution in [-0.4, -0.2) is 143 Å². The molecular weight excluding hydrogens is 658 g/mol. The number of likely N-dealkylation sites (tertiary alicyclic amines) is 1. The normalized spacial score (nSPS) is 13.8. The van der Waals surface area contributed by atoms with Crippen LogP contribution in [0.3, 0.4) is 0 Å². The predicted molar refractivity (Wildman–Crippen MR) is 197 cm³/mol. The number of amides is 1. The average Bonchev–Trinajstić information content (AvgIpc) is 3.58. The second-order valence-electron chi connectivity index (χ2n) is 12.4. The SMILES string of the molecule is CCCCCCCCCc1ccc(OCCOCCOCCOCCOCCOCCOCCOCCOCCO[C@H](C)N2CCCC2=O)cc1. The zero-order valence-corrected chi connectivity index (χ0v) is 31.8. The minimum absolute atomic E-state index is 0.163. The summed E-state index contributed by atoms with van der Waals surface area (Å²) in [7, 11) is 0. The quantitative estimate of drug-likeness (QED) is 0.0808. The monoisotopic (exact) mass is 727 g/mol. The van der Waals surface area contributed by atoms with Crippen LogP contribution in [-0.2, 0) is 53.8 Å². The highest BCUT2D eigenvalue weighted by molar-refractivity contribution is 5.78. The van der Waals surface area contributed by atoms with Crippen LogP contribution in [0.2, 0.25) is 0 Å². The fraction of sp³-hybridized carbons (Fsp3) is 0.821. The van der Waals surface area contributed by atoms with Crippen LogP contribution in [0.15, 0.2) is 24.3 Å². The maximum absolute atomic E-state index is 11.7. The molecule has 0 radical (unpaired) electrons. The van der Waals surface area contributed by atoms with Crippen molar-refractivity contribution in [3.63, 3.8) is 0 Å². The largest absolute Gasteiger partial charge is 0.491 e. The zero-order chi connectivity index (χ0) is 36.3. The van der Waals surface area contributed by atoms with E-state index in [4.69, 9.17) is 47.4 Å². The molecule has 51 heavy (non-hydrogen) atoms. The van der Waals surface area contributed by atoms with E-state index in [2.05, 4.69) is 31.2 Å². The molecule has 1 atom stereocenters. The van der Waals surface area contributed by atoms with Crippen molar-refractivity contribution in [2.45, 2.75) is 84.3 Å². The maximum Gasteiger partial charge on any atom is 0.224 e. The topological polar surface area (TPSA) is 113 Å². The van der Waals surface area contributed by atoms with Crippen LogP contribution in [0.25, 0.3) is 0 Å². The lowest BCUT2D eigenvalue weighted by molar-refractivity contribution is -0.140. The van der Waals surface area contributed by atoms with E-state index in [1.807, 2.05) is 6.92 Å². The molecule has 296 valence electrons. The lowest BCUT2D eigenvalue weighted by Gasteiger charge is -2.24. The van der Waals surface area contributed by atoms with E-state index in [0.29, 0.717) is 125 Å². The fourth-order valence-corrected chi connectivity index (χ4v) is 5.32. The molecule has 0 bridgehead atoms. The van der Waals surface area contributed by atoms with Gasteiger partial charge in [-0.3, -0.25) is 4.79 Å². The van der Waals surface area contributed by atoms with Gasteiger partial charge in [-0.25, -0.2) is 0 Å². The van der Waals surface area contributed by atoms with Crippen LogP contribution in [0.4, 0.5) is 0 Å². The highest BCUT2D eigenvalue weighted by Crippen LogP contribution is 2.16. The molecule has 1 aliphatic heterocycles. The molecule has 0 aromatic heterocycles. The molecule has 0 unspecified atom stereocenters. The Bertz CT molecular complexity index is 908. The van der Waals surface area contributed by atoms with Gasteiger partial charge < -0.3 is 52.3 Å². The summed E-state index contributed by atoms with van der Waals surface area (Å²) >= 11 is 0. The molecule has 12 heteroatoms. The van der Waals surface area contributed by atoms with Gasteiger partial charge in [-0.15, -0.1) is 0 Å². The first kappa shape index (κ1) is 45.3. The first-order valence-corrected chi connectivity index (χ1v) is 19.5. The molecule has 0 saturated carbocycles. The van der Waals surface area contributed by atoms with Crippen molar-refractivity contribution in [3.8, 4) is 5.75 Å². The van der Waals surface area contributed by atoms with Crippen LogP contribution < -0.4 is 4.74 Å². The molecule has 1 aromatic carbocycles. The highest BCUT2D eigenvalue weighted by atomic mass is 16.6. The second kappa shape index (κ2) is 33.9. The Morgan fingerprint density at radius 2 is 0.961 bits per heavy atom. The Morgan fingerprint density at radius 3 is 1.39 bits per heavy atom. The van der Waals surface area contributed by atoms with E-state index >= 15 is 0 Å². The van der Waals surface area contributed by atoms with Gasteiger partial charge >= 0.3 is 0 Å². The van der Waals surface area contributed by atoms with Crippen LogP contribution in [0.5, 0.6) is 5.75 Å². The van der Waals surface area contributed by atoms with Crippen molar-refractivity contribution in [2.24, 2.45) is 0 Å². The van der Waals surface area contributed by atoms with E-state index in [-0.39, 0.29) is 12.1 Å². The summed E-state index contributed by atoms with van der Waals surface area (Å²) in [5.74, 6) is 1.05. The van der Waals surface area contributed by atoms with Gasteiger partial charge in [0.2, 0.25) is 5.91 Å². The number of unbranched alkanes of at least 4 members (excludes halogenated alkanes) is 6. The van der Waals surface area contributed by atoms with E-state index in [0.717, 1.165) is 25.1 Å². The van der Waals surface area contributed by atoms with Gasteiger partial charge in [0, 0.05) is 13.0 Å². The van der Waals surface area contributed by atoms with Gasteiger partial charge in [-0.1, -0.05) is 57.6 Å². The molecule has 0 spiro atoms. The molecule has 1 aliphatic rings. The summed E-state index contributed by atoms with van der Waals surface area (Å²) in [6, 6.07) is 8.45. The summed E-state index contributed by atoms with van der Waals surface area (Å²) in [5, 5.41) is 0. The number of aryl methyl sites for hydroxylation is 1. The Labute approximate surface area is 308 Å². The first-order valence-electron chi connectivity index (χ1n) is 19.5. The summed E-state index contributed by atoms with van der Waals surface area (Å²) in [5.41, 5.74) is 1.38. The van der Waals surface area contributed by atoms with Crippen molar-refractivity contribution >= 4 is 5.91 Å². The van der Waals surface area contributed by atoms with Gasteiger partial charge in [0.15, 0.2) is 0 Å². The van der Waals surface area contributed by atoms with E-state index in [1.165, 1.54) is 50.5 Å². The summed E-state index contributed by atoms with van der Waals surface area (Å²) in [6.45, 7) is 14.0. The molecule has 2 rings (SSSR count). The van der Waals surface area contributed by atoms with Crippen LogP contribution in [0, 0.1) is 0 Å². The smallest absolute Gasteiger partial charge is 0.224 e. The highest BCUT2D eigenvalue weighted by Gasteiger charge is 2.25. The summed E-state index contributed by atoms with van der Waals surface area (Å²) in [6.07, 6.45) is 11.8. The van der Waals surface area contributed by atoms with Crippen LogP contribution >= 0.6 is 0 Å². The maximum atomic E-state index is 11.7. The molecule has 0 aliphatic carbocycles. The third-order valence-corrected chi connectivity index (χ3v) is 8.23. The van der Waals surface area contributed by atoms with Crippen molar-refractivity contribution in [3.05, 3.63) is 29.8 Å². The number of nitrogens with zero attached hydrogens (tertiary/aromatic N) is 1. The van der Waals surface area contributed by atoms with Gasteiger partial charge in [0.25, 0.3) is 0 Å². The van der Waals surface area contributed by atoms with Gasteiger partial charge in [0.05, 0.1) is 112 Å². The van der Waals surface area contributed by atoms with Gasteiger partial charge in [-0.05, 0) is 43.9 Å². The number of hydrogen-bond donors (Lipinski definition) is 0. The molecule has 1 fully saturated rings. The van der Waals surface area contributed by atoms with Crippen molar-refractivity contribution < 1.29 is 52.2 Å². The van der Waals surface area contributed by atoms with E-state index in [1.54, 1.807) is 4.90 Å². The first-order chi connectivity index (χ1) is 25.2. The Hall–Kier alpha value is -1.87. The van der Waals surface area contributed by atoms with Crippen LogP contribution in [0.1, 0.15) is 77.2 Å².